The van der Waals surface area contributed by atoms with E-state index in [1.54, 1.807) is 25.4 Å². The normalized spacial score (nSPS) is 25.3. The van der Waals surface area contributed by atoms with Crippen LogP contribution in [0, 0.1) is 17.8 Å². The van der Waals surface area contributed by atoms with Crippen molar-refractivity contribution in [3.8, 4) is 11.8 Å². The Hall–Kier alpha value is -3.49. The molecule has 0 unspecified atom stereocenters. The number of aromatic nitrogens is 2. The fourth-order valence-electron chi connectivity index (χ4n) is 6.00. The van der Waals surface area contributed by atoms with Gasteiger partial charge in [-0.2, -0.15) is 0 Å². The molecule has 0 saturated heterocycles. The van der Waals surface area contributed by atoms with Crippen LogP contribution in [-0.2, 0) is 18.3 Å². The van der Waals surface area contributed by atoms with Gasteiger partial charge in [0.25, 0.3) is 5.91 Å². The van der Waals surface area contributed by atoms with Gasteiger partial charge in [0.05, 0.1) is 0 Å². The average molecular weight is 452 g/mol. The first-order chi connectivity index (χ1) is 16.5. The van der Waals surface area contributed by atoms with E-state index < -0.39 is 5.60 Å². The summed E-state index contributed by atoms with van der Waals surface area (Å²) in [4.78, 5) is 21.1. The SMILES string of the molecule is CC#C[C@@]1(O)CC[C@@]2(Cc3ccccc3)c3ccc(C(=O)Nc4ncccn4)cc3CC[C@@H]2C1. The van der Waals surface area contributed by atoms with Gasteiger partial charge in [-0.15, -0.1) is 5.92 Å². The summed E-state index contributed by atoms with van der Waals surface area (Å²) in [6.45, 7) is 1.80. The number of carbonyl (C=O) groups is 1. The summed E-state index contributed by atoms with van der Waals surface area (Å²) in [7, 11) is 0. The topological polar surface area (TPSA) is 75.1 Å². The number of benzene rings is 2. The molecule has 0 bridgehead atoms. The molecule has 2 aliphatic rings. The zero-order valence-corrected chi connectivity index (χ0v) is 19.4. The van der Waals surface area contributed by atoms with Gasteiger partial charge in [0.1, 0.15) is 5.60 Å². The fourth-order valence-corrected chi connectivity index (χ4v) is 6.00. The second-order valence-electron chi connectivity index (χ2n) is 9.56. The number of rotatable bonds is 4. The highest BCUT2D eigenvalue weighted by Crippen LogP contribution is 2.54. The van der Waals surface area contributed by atoms with Crippen molar-refractivity contribution in [2.45, 2.75) is 56.5 Å². The van der Waals surface area contributed by atoms with Gasteiger partial charge in [0.2, 0.25) is 5.95 Å². The van der Waals surface area contributed by atoms with Crippen molar-refractivity contribution in [3.63, 3.8) is 0 Å². The van der Waals surface area contributed by atoms with Crippen molar-refractivity contribution < 1.29 is 9.90 Å². The highest BCUT2D eigenvalue weighted by Gasteiger charge is 2.51. The monoisotopic (exact) mass is 451 g/mol. The van der Waals surface area contributed by atoms with Gasteiger partial charge in [-0.3, -0.25) is 10.1 Å². The smallest absolute Gasteiger partial charge is 0.258 e. The Labute approximate surface area is 200 Å². The Kier molecular flexibility index (Phi) is 5.93. The van der Waals surface area contributed by atoms with Gasteiger partial charge < -0.3 is 5.11 Å². The van der Waals surface area contributed by atoms with E-state index in [1.165, 1.54) is 16.7 Å². The minimum absolute atomic E-state index is 0.0753. The lowest BCUT2D eigenvalue weighted by atomic mass is 9.52. The van der Waals surface area contributed by atoms with E-state index in [2.05, 4.69) is 57.5 Å². The number of amides is 1. The maximum absolute atomic E-state index is 12.9. The molecule has 1 saturated carbocycles. The third-order valence-electron chi connectivity index (χ3n) is 7.53. The molecule has 1 fully saturated rings. The summed E-state index contributed by atoms with van der Waals surface area (Å²) >= 11 is 0. The van der Waals surface area contributed by atoms with Gasteiger partial charge in [0, 0.05) is 23.4 Å². The molecule has 5 heteroatoms. The molecule has 0 spiro atoms. The fraction of sp³-hybridized carbons (Fsp3) is 0.345. The van der Waals surface area contributed by atoms with E-state index in [0.717, 1.165) is 25.7 Å². The van der Waals surface area contributed by atoms with Crippen LogP contribution in [0.15, 0.2) is 67.0 Å². The summed E-state index contributed by atoms with van der Waals surface area (Å²) in [5, 5.41) is 13.9. The Morgan fingerprint density at radius 1 is 1.12 bits per heavy atom. The molecule has 3 atom stereocenters. The molecule has 2 aliphatic carbocycles. The third-order valence-corrected chi connectivity index (χ3v) is 7.53. The average Bonchev–Trinajstić information content (AvgIpc) is 2.85. The first-order valence-electron chi connectivity index (χ1n) is 11.9. The first kappa shape index (κ1) is 22.3. The summed E-state index contributed by atoms with van der Waals surface area (Å²) in [6.07, 6.45) is 8.21. The van der Waals surface area contributed by atoms with Crippen molar-refractivity contribution in [3.05, 3.63) is 89.2 Å². The summed E-state index contributed by atoms with van der Waals surface area (Å²) in [5.41, 5.74) is 3.47. The molecule has 3 aromatic rings. The third kappa shape index (κ3) is 4.22. The van der Waals surface area contributed by atoms with Crippen LogP contribution >= 0.6 is 0 Å². The van der Waals surface area contributed by atoms with Crippen LogP contribution in [0.1, 0.15) is 59.7 Å². The minimum atomic E-state index is -0.910. The second-order valence-corrected chi connectivity index (χ2v) is 9.56. The largest absolute Gasteiger partial charge is 0.378 e. The van der Waals surface area contributed by atoms with Gasteiger partial charge in [0.15, 0.2) is 0 Å². The number of fused-ring (bicyclic) bond motifs is 3. The van der Waals surface area contributed by atoms with Crippen molar-refractivity contribution in [1.29, 1.82) is 0 Å². The van der Waals surface area contributed by atoms with Crippen LogP contribution < -0.4 is 5.32 Å². The lowest BCUT2D eigenvalue weighted by Crippen LogP contribution is -2.50. The van der Waals surface area contributed by atoms with E-state index in [4.69, 9.17) is 0 Å². The zero-order valence-electron chi connectivity index (χ0n) is 19.4. The molecule has 0 radical (unpaired) electrons. The lowest BCUT2D eigenvalue weighted by molar-refractivity contribution is -0.00801. The zero-order chi connectivity index (χ0) is 23.6. The number of anilines is 1. The van der Waals surface area contributed by atoms with Crippen molar-refractivity contribution >= 4 is 11.9 Å². The molecular weight excluding hydrogens is 422 g/mol. The predicted molar refractivity (Wildman–Crippen MR) is 132 cm³/mol. The molecule has 1 aromatic heterocycles. The van der Waals surface area contributed by atoms with Crippen molar-refractivity contribution in [2.24, 2.45) is 5.92 Å². The molecular formula is C29H29N3O2. The highest BCUT2D eigenvalue weighted by molar-refractivity contribution is 6.03. The molecule has 1 amide bonds. The van der Waals surface area contributed by atoms with Gasteiger partial charge in [-0.1, -0.05) is 42.3 Å². The molecule has 0 aliphatic heterocycles. The van der Waals surface area contributed by atoms with Gasteiger partial charge in [-0.05, 0) is 86.3 Å². The van der Waals surface area contributed by atoms with E-state index in [0.29, 0.717) is 30.3 Å². The van der Waals surface area contributed by atoms with Crippen LogP contribution in [-0.4, -0.2) is 26.6 Å². The van der Waals surface area contributed by atoms with Crippen LogP contribution in [0.5, 0.6) is 0 Å². The van der Waals surface area contributed by atoms with Crippen LogP contribution in [0.2, 0.25) is 0 Å². The Bertz CT molecular complexity index is 1250. The maximum Gasteiger partial charge on any atom is 0.258 e. The molecule has 34 heavy (non-hydrogen) atoms. The number of nitrogens with one attached hydrogen (secondary N) is 1. The molecule has 172 valence electrons. The van der Waals surface area contributed by atoms with Gasteiger partial charge in [-0.25, -0.2) is 9.97 Å². The quantitative estimate of drug-likeness (QED) is 0.564. The number of hydrogen-bond acceptors (Lipinski definition) is 4. The molecule has 1 heterocycles. The summed E-state index contributed by atoms with van der Waals surface area (Å²) < 4.78 is 0. The Balaban J connectivity index is 1.50. The van der Waals surface area contributed by atoms with E-state index in [1.807, 2.05) is 18.2 Å². The maximum atomic E-state index is 12.9. The number of carbonyl (C=O) groups excluding carboxylic acids is 1. The number of aryl methyl sites for hydroxylation is 1. The lowest BCUT2D eigenvalue weighted by Gasteiger charge is -2.52. The van der Waals surface area contributed by atoms with Crippen molar-refractivity contribution in [2.75, 3.05) is 5.32 Å². The standard InChI is InChI=1S/C29H29N3O2/c1-2-13-28(34)14-15-29(19-21-7-4-3-5-8-21)24(20-28)11-9-22-18-23(10-12-25(22)29)26(33)32-27-30-16-6-17-31-27/h3-8,10,12,16-18,24,34H,9,11,14-15,19-20H2,1H3,(H,30,31,32,33)/t24-,28-,29+/m1/s1. The van der Waals surface area contributed by atoms with Gasteiger partial charge >= 0.3 is 0 Å². The number of hydrogen-bond donors (Lipinski definition) is 2. The second kappa shape index (κ2) is 9.04. The van der Waals surface area contributed by atoms with E-state index in [-0.39, 0.29) is 11.3 Å². The Morgan fingerprint density at radius 3 is 2.68 bits per heavy atom. The van der Waals surface area contributed by atoms with E-state index >= 15 is 0 Å². The van der Waals surface area contributed by atoms with E-state index in [9.17, 15) is 9.90 Å². The van der Waals surface area contributed by atoms with Crippen molar-refractivity contribution in [1.82, 2.24) is 9.97 Å². The Morgan fingerprint density at radius 2 is 1.91 bits per heavy atom. The highest BCUT2D eigenvalue weighted by atomic mass is 16.3. The minimum Gasteiger partial charge on any atom is -0.378 e. The number of nitrogens with zero attached hydrogens (tertiary/aromatic N) is 2. The number of aliphatic hydroxyl groups is 1. The van der Waals surface area contributed by atoms with Crippen LogP contribution in [0.25, 0.3) is 0 Å². The molecule has 2 aromatic carbocycles. The summed E-state index contributed by atoms with van der Waals surface area (Å²) in [5.74, 6) is 6.45. The predicted octanol–water partition coefficient (Wildman–Crippen LogP) is 4.71. The molecule has 5 rings (SSSR count). The van der Waals surface area contributed by atoms with Crippen LogP contribution in [0.3, 0.4) is 0 Å². The molecule has 5 nitrogen and oxygen atoms in total. The summed E-state index contributed by atoms with van der Waals surface area (Å²) in [6, 6.07) is 18.4. The molecule has 2 N–H and O–H groups in total. The first-order valence-corrected chi connectivity index (χ1v) is 11.9. The van der Waals surface area contributed by atoms with Crippen LogP contribution in [0.4, 0.5) is 5.95 Å².